The van der Waals surface area contributed by atoms with Gasteiger partial charge in [0.2, 0.25) is 6.10 Å². The molecule has 4 rings (SSSR count). The Hall–Kier alpha value is -3.62. The predicted octanol–water partition coefficient (Wildman–Crippen LogP) is 1.98. The number of hydrogen-bond acceptors (Lipinski definition) is 6. The van der Waals surface area contributed by atoms with Gasteiger partial charge in [-0.3, -0.25) is 4.79 Å². The lowest BCUT2D eigenvalue weighted by molar-refractivity contribution is -0.130. The van der Waals surface area contributed by atoms with Gasteiger partial charge in [0.25, 0.3) is 5.91 Å². The quantitative estimate of drug-likeness (QED) is 0.656. The van der Waals surface area contributed by atoms with Crippen molar-refractivity contribution in [2.24, 2.45) is 0 Å². The Balaban J connectivity index is 1.57. The van der Waals surface area contributed by atoms with E-state index in [-0.39, 0.29) is 11.6 Å². The van der Waals surface area contributed by atoms with Gasteiger partial charge in [-0.1, -0.05) is 18.2 Å². The number of carbonyl (C=O) groups is 2. The van der Waals surface area contributed by atoms with Crippen molar-refractivity contribution in [3.05, 3.63) is 71.8 Å². The highest BCUT2D eigenvalue weighted by Crippen LogP contribution is 2.24. The van der Waals surface area contributed by atoms with Crippen LogP contribution < -0.4 is 5.32 Å². The zero-order valence-corrected chi connectivity index (χ0v) is 14.7. The Labute approximate surface area is 159 Å². The highest BCUT2D eigenvalue weighted by Gasteiger charge is 2.31. The van der Waals surface area contributed by atoms with Crippen LogP contribution in [-0.2, 0) is 9.53 Å². The molecule has 8 nitrogen and oxygen atoms in total. The molecule has 0 radical (unpaired) electrons. The summed E-state index contributed by atoms with van der Waals surface area (Å²) in [5.74, 6) is -1.56. The maximum absolute atomic E-state index is 13.3. The SMILES string of the molecule is O=C(OC(C(=O)NC1CC1)c1ccc(F)cc1)c1cccc(-n2cnnn2)c1. The highest BCUT2D eigenvalue weighted by molar-refractivity contribution is 5.93. The number of amides is 1. The van der Waals surface area contributed by atoms with E-state index in [4.69, 9.17) is 4.74 Å². The van der Waals surface area contributed by atoms with Crippen LogP contribution in [0.25, 0.3) is 5.69 Å². The summed E-state index contributed by atoms with van der Waals surface area (Å²) in [7, 11) is 0. The number of halogens is 1. The van der Waals surface area contributed by atoms with E-state index in [0.717, 1.165) is 12.8 Å². The minimum absolute atomic E-state index is 0.0947. The van der Waals surface area contributed by atoms with Crippen molar-refractivity contribution in [3.63, 3.8) is 0 Å². The second-order valence-electron chi connectivity index (χ2n) is 6.42. The zero-order chi connectivity index (χ0) is 19.5. The smallest absolute Gasteiger partial charge is 0.339 e. The molecule has 2 aromatic carbocycles. The van der Waals surface area contributed by atoms with E-state index in [1.54, 1.807) is 24.3 Å². The number of ether oxygens (including phenoxy) is 1. The topological polar surface area (TPSA) is 99.0 Å². The fourth-order valence-corrected chi connectivity index (χ4v) is 2.65. The minimum atomic E-state index is -1.18. The molecule has 1 aromatic heterocycles. The lowest BCUT2D eigenvalue weighted by Gasteiger charge is -2.18. The highest BCUT2D eigenvalue weighted by atomic mass is 19.1. The third-order valence-corrected chi connectivity index (χ3v) is 4.25. The van der Waals surface area contributed by atoms with Gasteiger partial charge in [0, 0.05) is 11.6 Å². The molecule has 1 unspecified atom stereocenters. The van der Waals surface area contributed by atoms with Gasteiger partial charge in [0.1, 0.15) is 12.1 Å². The monoisotopic (exact) mass is 381 g/mol. The van der Waals surface area contributed by atoms with Crippen LogP contribution in [0, 0.1) is 5.82 Å². The molecule has 0 spiro atoms. The molecule has 142 valence electrons. The standard InChI is InChI=1S/C19H16FN5O3/c20-14-6-4-12(5-7-14)17(18(26)22-15-8-9-15)28-19(27)13-2-1-3-16(10-13)25-11-21-23-24-25/h1-7,10-11,15,17H,8-9H2,(H,22,26). The Morgan fingerprint density at radius 3 is 2.64 bits per heavy atom. The first-order valence-electron chi connectivity index (χ1n) is 8.70. The second-order valence-corrected chi connectivity index (χ2v) is 6.42. The summed E-state index contributed by atoms with van der Waals surface area (Å²) in [5.41, 5.74) is 1.20. The molecule has 1 amide bonds. The molecule has 0 bridgehead atoms. The van der Waals surface area contributed by atoms with Crippen LogP contribution in [0.4, 0.5) is 4.39 Å². The summed E-state index contributed by atoms with van der Waals surface area (Å²) in [6, 6.07) is 11.9. The van der Waals surface area contributed by atoms with Crippen molar-refractivity contribution in [2.75, 3.05) is 0 Å². The van der Waals surface area contributed by atoms with Crippen molar-refractivity contribution >= 4 is 11.9 Å². The Kier molecular flexibility index (Phi) is 4.79. The largest absolute Gasteiger partial charge is 0.444 e. The first-order chi connectivity index (χ1) is 13.6. The van der Waals surface area contributed by atoms with E-state index in [9.17, 15) is 14.0 Å². The van der Waals surface area contributed by atoms with Gasteiger partial charge in [-0.15, -0.1) is 5.10 Å². The number of esters is 1. The molecule has 0 saturated heterocycles. The first kappa shape index (κ1) is 17.8. The van der Waals surface area contributed by atoms with Gasteiger partial charge in [-0.05, 0) is 53.6 Å². The predicted molar refractivity (Wildman–Crippen MR) is 94.9 cm³/mol. The van der Waals surface area contributed by atoms with Gasteiger partial charge in [0.05, 0.1) is 11.3 Å². The molecule has 1 aliphatic carbocycles. The summed E-state index contributed by atoms with van der Waals surface area (Å²) >= 11 is 0. The second kappa shape index (κ2) is 7.55. The molecule has 0 aliphatic heterocycles. The van der Waals surface area contributed by atoms with Crippen LogP contribution in [0.1, 0.15) is 34.9 Å². The van der Waals surface area contributed by atoms with Crippen molar-refractivity contribution in [2.45, 2.75) is 25.0 Å². The summed E-state index contributed by atoms with van der Waals surface area (Å²) in [6.45, 7) is 0. The number of carbonyl (C=O) groups excluding carboxylic acids is 2. The van der Waals surface area contributed by atoms with Gasteiger partial charge in [-0.2, -0.15) is 0 Å². The van der Waals surface area contributed by atoms with E-state index in [0.29, 0.717) is 11.3 Å². The number of aromatic nitrogens is 4. The fourth-order valence-electron chi connectivity index (χ4n) is 2.65. The number of nitrogens with zero attached hydrogens (tertiary/aromatic N) is 4. The van der Waals surface area contributed by atoms with Gasteiger partial charge >= 0.3 is 5.97 Å². The van der Waals surface area contributed by atoms with Crippen LogP contribution in [0.3, 0.4) is 0 Å². The number of benzene rings is 2. The average molecular weight is 381 g/mol. The molecule has 1 heterocycles. The summed E-state index contributed by atoms with van der Waals surface area (Å²) < 4.78 is 20.1. The molecular formula is C19H16FN5O3. The van der Waals surface area contributed by atoms with Crippen molar-refractivity contribution in [1.29, 1.82) is 0 Å². The fraction of sp³-hybridized carbons (Fsp3) is 0.211. The van der Waals surface area contributed by atoms with Crippen molar-refractivity contribution in [3.8, 4) is 5.69 Å². The molecule has 1 aliphatic rings. The van der Waals surface area contributed by atoms with E-state index < -0.39 is 23.8 Å². The molecule has 9 heteroatoms. The van der Waals surface area contributed by atoms with Crippen LogP contribution in [0.2, 0.25) is 0 Å². The third-order valence-electron chi connectivity index (χ3n) is 4.25. The molecule has 3 aromatic rings. The van der Waals surface area contributed by atoms with E-state index >= 15 is 0 Å². The van der Waals surface area contributed by atoms with Crippen LogP contribution in [0.5, 0.6) is 0 Å². The Morgan fingerprint density at radius 1 is 1.18 bits per heavy atom. The van der Waals surface area contributed by atoms with Crippen LogP contribution in [0.15, 0.2) is 54.9 Å². The van der Waals surface area contributed by atoms with E-state index in [2.05, 4.69) is 20.8 Å². The molecule has 28 heavy (non-hydrogen) atoms. The maximum atomic E-state index is 13.3. The molecule has 1 atom stereocenters. The lowest BCUT2D eigenvalue weighted by Crippen LogP contribution is -2.33. The zero-order valence-electron chi connectivity index (χ0n) is 14.7. The number of hydrogen-bond donors (Lipinski definition) is 1. The minimum Gasteiger partial charge on any atom is -0.444 e. The number of nitrogens with one attached hydrogen (secondary N) is 1. The third kappa shape index (κ3) is 4.03. The summed E-state index contributed by atoms with van der Waals surface area (Å²) in [4.78, 5) is 25.3. The maximum Gasteiger partial charge on any atom is 0.339 e. The molecular weight excluding hydrogens is 365 g/mol. The first-order valence-corrected chi connectivity index (χ1v) is 8.70. The summed E-state index contributed by atoms with van der Waals surface area (Å²) in [6.07, 6.45) is 2.01. The molecule has 1 saturated carbocycles. The number of tetrazole rings is 1. The lowest BCUT2D eigenvalue weighted by atomic mass is 10.1. The van der Waals surface area contributed by atoms with E-state index in [1.807, 2.05) is 0 Å². The van der Waals surface area contributed by atoms with Crippen LogP contribution >= 0.6 is 0 Å². The molecule has 1 fully saturated rings. The normalized spacial score (nSPS) is 14.3. The van der Waals surface area contributed by atoms with Gasteiger partial charge in [0.15, 0.2) is 0 Å². The Morgan fingerprint density at radius 2 is 1.96 bits per heavy atom. The summed E-state index contributed by atoms with van der Waals surface area (Å²) in [5, 5.41) is 13.7. The van der Waals surface area contributed by atoms with Gasteiger partial charge in [-0.25, -0.2) is 13.9 Å². The van der Waals surface area contributed by atoms with Crippen LogP contribution in [-0.4, -0.2) is 38.1 Å². The average Bonchev–Trinajstić information content (AvgIpc) is 3.35. The van der Waals surface area contributed by atoms with Crippen molar-refractivity contribution < 1.29 is 18.7 Å². The molecule has 1 N–H and O–H groups in total. The van der Waals surface area contributed by atoms with Gasteiger partial charge < -0.3 is 10.1 Å². The Bertz CT molecular complexity index is 987. The van der Waals surface area contributed by atoms with E-state index in [1.165, 1.54) is 35.3 Å². The van der Waals surface area contributed by atoms with Crippen molar-refractivity contribution in [1.82, 2.24) is 25.5 Å². The number of rotatable bonds is 6.